The minimum atomic E-state index is -0.652. The number of aliphatic hydroxyl groups excluding tert-OH is 1. The molecule has 0 saturated carbocycles. The van der Waals surface area contributed by atoms with Crippen LogP contribution in [-0.2, 0) is 6.42 Å². The lowest BCUT2D eigenvalue weighted by Crippen LogP contribution is -2.43. The number of benzene rings is 1. The van der Waals surface area contributed by atoms with Gasteiger partial charge in [0.25, 0.3) is 0 Å². The molecular formula is C16H23ClN4O. The summed E-state index contributed by atoms with van der Waals surface area (Å²) in [4.78, 5) is 7.78. The number of nitrogens with two attached hydrogens (primary N) is 1. The van der Waals surface area contributed by atoms with Gasteiger partial charge >= 0.3 is 0 Å². The van der Waals surface area contributed by atoms with Gasteiger partial charge in [0.05, 0.1) is 6.10 Å². The van der Waals surface area contributed by atoms with E-state index < -0.39 is 6.10 Å². The van der Waals surface area contributed by atoms with E-state index in [1.807, 2.05) is 18.2 Å². The molecule has 0 aliphatic carbocycles. The standard InChI is InChI=1S/C16H22N4O.ClH/c1-16(2,8-12-6-4-3-5-7-12)20-11-14(21)13-9-18-15(17)19-10-13;/h3-7,9-10,14,20-21H,8,11H2,1-2H3,(H2,17,18,19);1H. The van der Waals surface area contributed by atoms with Crippen LogP contribution >= 0.6 is 12.4 Å². The molecule has 0 amide bonds. The van der Waals surface area contributed by atoms with Crippen molar-refractivity contribution >= 4 is 18.4 Å². The summed E-state index contributed by atoms with van der Waals surface area (Å²) in [5.41, 5.74) is 7.25. The Bertz CT molecular complexity index is 560. The molecule has 0 fully saturated rings. The van der Waals surface area contributed by atoms with E-state index in [0.29, 0.717) is 12.1 Å². The molecule has 0 bridgehead atoms. The number of aliphatic hydroxyl groups is 1. The molecule has 22 heavy (non-hydrogen) atoms. The second-order valence-electron chi connectivity index (χ2n) is 5.82. The van der Waals surface area contributed by atoms with Gasteiger partial charge in [-0.05, 0) is 25.8 Å². The van der Waals surface area contributed by atoms with Crippen molar-refractivity contribution in [3.8, 4) is 0 Å². The first-order valence-electron chi connectivity index (χ1n) is 7.01. The summed E-state index contributed by atoms with van der Waals surface area (Å²) in [7, 11) is 0. The van der Waals surface area contributed by atoms with Crippen LogP contribution in [0.25, 0.3) is 0 Å². The fraction of sp³-hybridized carbons (Fsp3) is 0.375. The van der Waals surface area contributed by atoms with Gasteiger partial charge in [-0.15, -0.1) is 12.4 Å². The molecule has 1 heterocycles. The topological polar surface area (TPSA) is 84.1 Å². The molecular weight excluding hydrogens is 300 g/mol. The summed E-state index contributed by atoms with van der Waals surface area (Å²) >= 11 is 0. The van der Waals surface area contributed by atoms with Crippen molar-refractivity contribution in [1.29, 1.82) is 0 Å². The van der Waals surface area contributed by atoms with Gasteiger partial charge in [0, 0.05) is 30.0 Å². The Labute approximate surface area is 137 Å². The van der Waals surface area contributed by atoms with Crippen LogP contribution in [-0.4, -0.2) is 27.2 Å². The number of anilines is 1. The third kappa shape index (κ3) is 5.60. The van der Waals surface area contributed by atoms with E-state index in [0.717, 1.165) is 6.42 Å². The minimum Gasteiger partial charge on any atom is -0.387 e. The Kier molecular flexibility index (Phi) is 6.74. The molecule has 1 unspecified atom stereocenters. The number of rotatable bonds is 6. The van der Waals surface area contributed by atoms with Crippen LogP contribution in [0.4, 0.5) is 5.95 Å². The lowest BCUT2D eigenvalue weighted by molar-refractivity contribution is 0.160. The van der Waals surface area contributed by atoms with E-state index in [1.165, 1.54) is 5.56 Å². The van der Waals surface area contributed by atoms with Gasteiger partial charge in [-0.25, -0.2) is 9.97 Å². The number of nitrogen functional groups attached to an aromatic ring is 1. The number of nitrogens with zero attached hydrogens (tertiary/aromatic N) is 2. The van der Waals surface area contributed by atoms with Gasteiger partial charge in [-0.1, -0.05) is 30.3 Å². The average Bonchev–Trinajstić information content (AvgIpc) is 2.46. The van der Waals surface area contributed by atoms with Crippen LogP contribution in [0.2, 0.25) is 0 Å². The monoisotopic (exact) mass is 322 g/mol. The maximum absolute atomic E-state index is 10.2. The number of halogens is 1. The highest BCUT2D eigenvalue weighted by Gasteiger charge is 2.19. The zero-order valence-corrected chi connectivity index (χ0v) is 13.7. The highest BCUT2D eigenvalue weighted by atomic mass is 35.5. The predicted octanol–water partition coefficient (Wildman–Crippen LogP) is 2.12. The summed E-state index contributed by atoms with van der Waals surface area (Å²) in [6.45, 7) is 4.67. The zero-order valence-electron chi connectivity index (χ0n) is 12.9. The summed E-state index contributed by atoms with van der Waals surface area (Å²) < 4.78 is 0. The largest absolute Gasteiger partial charge is 0.387 e. The molecule has 4 N–H and O–H groups in total. The van der Waals surface area contributed by atoms with E-state index in [1.54, 1.807) is 12.4 Å². The molecule has 2 aromatic rings. The molecule has 1 aromatic carbocycles. The molecule has 1 atom stereocenters. The molecule has 2 rings (SSSR count). The Morgan fingerprint density at radius 1 is 1.18 bits per heavy atom. The van der Waals surface area contributed by atoms with Gasteiger partial charge in [-0.3, -0.25) is 0 Å². The fourth-order valence-corrected chi connectivity index (χ4v) is 2.18. The summed E-state index contributed by atoms with van der Waals surface area (Å²) in [6, 6.07) is 10.3. The second kappa shape index (κ2) is 8.08. The van der Waals surface area contributed by atoms with Gasteiger partial charge in [-0.2, -0.15) is 0 Å². The lowest BCUT2D eigenvalue weighted by atomic mass is 9.94. The van der Waals surface area contributed by atoms with Crippen LogP contribution in [0.1, 0.15) is 31.1 Å². The highest BCUT2D eigenvalue weighted by Crippen LogP contribution is 2.15. The number of nitrogens with one attached hydrogen (secondary N) is 1. The van der Waals surface area contributed by atoms with Crippen molar-refractivity contribution in [2.75, 3.05) is 12.3 Å². The molecule has 1 aromatic heterocycles. The van der Waals surface area contributed by atoms with E-state index in [9.17, 15) is 5.11 Å². The van der Waals surface area contributed by atoms with Crippen molar-refractivity contribution < 1.29 is 5.11 Å². The van der Waals surface area contributed by atoms with Crippen LogP contribution < -0.4 is 11.1 Å². The molecule has 5 nitrogen and oxygen atoms in total. The van der Waals surface area contributed by atoms with Crippen molar-refractivity contribution in [3.05, 3.63) is 53.9 Å². The van der Waals surface area contributed by atoms with Gasteiger partial charge in [0.15, 0.2) is 0 Å². The Morgan fingerprint density at radius 3 is 2.36 bits per heavy atom. The normalized spacial score (nSPS) is 12.5. The zero-order chi connectivity index (χ0) is 15.3. The maximum atomic E-state index is 10.2. The Morgan fingerprint density at radius 2 is 1.77 bits per heavy atom. The summed E-state index contributed by atoms with van der Waals surface area (Å²) in [6.07, 6.45) is 3.34. The first kappa shape index (κ1) is 18.4. The van der Waals surface area contributed by atoms with Crippen molar-refractivity contribution in [1.82, 2.24) is 15.3 Å². The molecule has 120 valence electrons. The number of hydrogen-bond acceptors (Lipinski definition) is 5. The fourth-order valence-electron chi connectivity index (χ4n) is 2.18. The lowest BCUT2D eigenvalue weighted by Gasteiger charge is -2.28. The van der Waals surface area contributed by atoms with E-state index in [-0.39, 0.29) is 23.9 Å². The maximum Gasteiger partial charge on any atom is 0.219 e. The van der Waals surface area contributed by atoms with Gasteiger partial charge in [0.2, 0.25) is 5.95 Å². The van der Waals surface area contributed by atoms with Gasteiger partial charge < -0.3 is 16.2 Å². The van der Waals surface area contributed by atoms with E-state index in [2.05, 4.69) is 41.3 Å². The molecule has 0 aliphatic heterocycles. The third-order valence-corrected chi connectivity index (χ3v) is 3.34. The quantitative estimate of drug-likeness (QED) is 0.758. The summed E-state index contributed by atoms with van der Waals surface area (Å²) in [5.74, 6) is 0.211. The first-order chi connectivity index (χ1) is 9.96. The molecule has 0 aliphatic rings. The van der Waals surface area contributed by atoms with Crippen molar-refractivity contribution in [2.45, 2.75) is 31.9 Å². The molecule has 0 spiro atoms. The summed E-state index contributed by atoms with van der Waals surface area (Å²) in [5, 5.41) is 13.5. The third-order valence-electron chi connectivity index (χ3n) is 3.34. The number of β-amino-alcohol motifs (C(OH)–C–C–N with tert-alkyl or cyclic N) is 1. The van der Waals surface area contributed by atoms with E-state index >= 15 is 0 Å². The van der Waals surface area contributed by atoms with Crippen LogP contribution in [0.3, 0.4) is 0 Å². The van der Waals surface area contributed by atoms with Crippen molar-refractivity contribution in [3.63, 3.8) is 0 Å². The second-order valence-corrected chi connectivity index (χ2v) is 5.82. The number of aromatic nitrogens is 2. The van der Waals surface area contributed by atoms with E-state index in [4.69, 9.17) is 5.73 Å². The van der Waals surface area contributed by atoms with Gasteiger partial charge in [0.1, 0.15) is 0 Å². The van der Waals surface area contributed by atoms with Crippen LogP contribution in [0.15, 0.2) is 42.7 Å². The average molecular weight is 323 g/mol. The molecule has 0 saturated heterocycles. The number of hydrogen-bond donors (Lipinski definition) is 3. The highest BCUT2D eigenvalue weighted by molar-refractivity contribution is 5.85. The van der Waals surface area contributed by atoms with Crippen LogP contribution in [0, 0.1) is 0 Å². The first-order valence-corrected chi connectivity index (χ1v) is 7.01. The molecule has 0 radical (unpaired) electrons. The Hall–Kier alpha value is -1.69. The predicted molar refractivity (Wildman–Crippen MR) is 90.9 cm³/mol. The minimum absolute atomic E-state index is 0. The van der Waals surface area contributed by atoms with Crippen molar-refractivity contribution in [2.24, 2.45) is 0 Å². The smallest absolute Gasteiger partial charge is 0.219 e. The SMILES string of the molecule is CC(C)(Cc1ccccc1)NCC(O)c1cnc(N)nc1.Cl. The Balaban J connectivity index is 0.00000242. The van der Waals surface area contributed by atoms with Crippen LogP contribution in [0.5, 0.6) is 0 Å². The molecule has 6 heteroatoms.